The van der Waals surface area contributed by atoms with Gasteiger partial charge in [0.1, 0.15) is 11.4 Å². The summed E-state index contributed by atoms with van der Waals surface area (Å²) in [7, 11) is 0. The van der Waals surface area contributed by atoms with Crippen LogP contribution in [0.1, 0.15) is 49.0 Å². The molecule has 0 atom stereocenters. The van der Waals surface area contributed by atoms with E-state index in [-0.39, 0.29) is 17.4 Å². The third-order valence-electron chi connectivity index (χ3n) is 5.14. The lowest BCUT2D eigenvalue weighted by atomic mass is 9.90. The van der Waals surface area contributed by atoms with Crippen LogP contribution < -0.4 is 15.8 Å². The van der Waals surface area contributed by atoms with Crippen molar-refractivity contribution in [2.24, 2.45) is 5.73 Å². The van der Waals surface area contributed by atoms with Crippen molar-refractivity contribution in [1.29, 1.82) is 0 Å². The summed E-state index contributed by atoms with van der Waals surface area (Å²) in [5.41, 5.74) is 7.41. The molecule has 4 heterocycles. The summed E-state index contributed by atoms with van der Waals surface area (Å²) < 4.78 is 12.3. The summed E-state index contributed by atoms with van der Waals surface area (Å²) >= 11 is 1.42. The van der Waals surface area contributed by atoms with E-state index in [1.165, 1.54) is 11.3 Å². The molecule has 0 bridgehead atoms. The predicted octanol–water partition coefficient (Wildman–Crippen LogP) is 3.73. The molecule has 164 valence electrons. The van der Waals surface area contributed by atoms with Crippen LogP contribution in [0.25, 0.3) is 16.2 Å². The topological polar surface area (TPSA) is 108 Å². The van der Waals surface area contributed by atoms with Crippen LogP contribution >= 0.6 is 11.3 Å². The molecular weight excluding hydrogens is 416 g/mol. The van der Waals surface area contributed by atoms with Crippen molar-refractivity contribution >= 4 is 29.0 Å². The highest BCUT2D eigenvalue weighted by atomic mass is 32.1. The smallest absolute Gasteiger partial charge is 0.409 e. The fourth-order valence-electron chi connectivity index (χ4n) is 3.65. The number of nitrogens with one attached hydrogen (secondary N) is 1. The quantitative estimate of drug-likeness (QED) is 0.640. The number of fused-ring (bicyclic) bond motifs is 1. The van der Waals surface area contributed by atoms with Crippen LogP contribution in [0.3, 0.4) is 0 Å². The van der Waals surface area contributed by atoms with Crippen LogP contribution in [-0.2, 0) is 10.2 Å². The number of thiophene rings is 1. The molecule has 8 nitrogen and oxygen atoms in total. The first-order chi connectivity index (χ1) is 14.7. The van der Waals surface area contributed by atoms with Crippen molar-refractivity contribution in [3.63, 3.8) is 0 Å². The molecule has 1 aliphatic rings. The number of carbonyl (C=O) groups excluding carboxylic acids is 2. The Morgan fingerprint density at radius 1 is 1.23 bits per heavy atom. The minimum atomic E-state index is -0.875. The standard InChI is InChI=1S/C22H26N4O4S/c1-22(2,3)19-18(26-12-14(30-21(23)28)4-7-17(26)25-19)15-5-6-16(31-15)20(27)24-13-8-10-29-11-9-13/h4-7,12-13H,8-11H2,1-3H3,(H2,23,28)(H,24,27). The van der Waals surface area contributed by atoms with Gasteiger partial charge in [-0.1, -0.05) is 20.8 Å². The van der Waals surface area contributed by atoms with Crippen LogP contribution in [0.15, 0.2) is 30.5 Å². The van der Waals surface area contributed by atoms with E-state index in [9.17, 15) is 9.59 Å². The zero-order valence-corrected chi connectivity index (χ0v) is 18.6. The van der Waals surface area contributed by atoms with E-state index < -0.39 is 6.09 Å². The van der Waals surface area contributed by atoms with Gasteiger partial charge in [-0.25, -0.2) is 9.78 Å². The van der Waals surface area contributed by atoms with Gasteiger partial charge in [-0.05, 0) is 37.1 Å². The monoisotopic (exact) mass is 442 g/mol. The zero-order valence-electron chi connectivity index (χ0n) is 17.8. The lowest BCUT2D eigenvalue weighted by Crippen LogP contribution is -2.38. The van der Waals surface area contributed by atoms with Gasteiger partial charge in [0.15, 0.2) is 0 Å². The number of hydrogen-bond donors (Lipinski definition) is 2. The van der Waals surface area contributed by atoms with Gasteiger partial charge in [-0.2, -0.15) is 0 Å². The highest BCUT2D eigenvalue weighted by Crippen LogP contribution is 2.37. The maximum absolute atomic E-state index is 12.8. The molecule has 3 N–H and O–H groups in total. The molecule has 0 aromatic carbocycles. The summed E-state index contributed by atoms with van der Waals surface area (Å²) in [6.07, 6.45) is 2.47. The number of nitrogens with two attached hydrogens (primary N) is 1. The van der Waals surface area contributed by atoms with Crippen LogP contribution in [-0.4, -0.2) is 40.6 Å². The van der Waals surface area contributed by atoms with Crippen LogP contribution in [0.5, 0.6) is 5.75 Å². The Kier molecular flexibility index (Phi) is 5.72. The SMILES string of the molecule is CC(C)(C)c1nc2ccc(OC(N)=O)cn2c1-c1ccc(C(=O)NC2CCOCC2)s1. The van der Waals surface area contributed by atoms with Crippen molar-refractivity contribution in [2.75, 3.05) is 13.2 Å². The Hall–Kier alpha value is -2.91. The number of hydrogen-bond acceptors (Lipinski definition) is 6. The summed E-state index contributed by atoms with van der Waals surface area (Å²) in [5, 5.41) is 3.10. The highest BCUT2D eigenvalue weighted by Gasteiger charge is 2.27. The lowest BCUT2D eigenvalue weighted by Gasteiger charge is -2.22. The number of amides is 2. The van der Waals surface area contributed by atoms with E-state index >= 15 is 0 Å². The fraction of sp³-hybridized carbons (Fsp3) is 0.409. The first-order valence-electron chi connectivity index (χ1n) is 10.2. The van der Waals surface area contributed by atoms with E-state index in [1.807, 2.05) is 16.5 Å². The molecule has 1 fully saturated rings. The molecular formula is C22H26N4O4S. The Bertz CT molecular complexity index is 1120. The molecule has 9 heteroatoms. The third kappa shape index (κ3) is 4.57. The van der Waals surface area contributed by atoms with Crippen molar-refractivity contribution < 1.29 is 19.1 Å². The van der Waals surface area contributed by atoms with Gasteiger partial charge in [0, 0.05) is 24.7 Å². The molecule has 3 aromatic heterocycles. The minimum Gasteiger partial charge on any atom is -0.409 e. The van der Waals surface area contributed by atoms with Crippen molar-refractivity contribution in [1.82, 2.24) is 14.7 Å². The first-order valence-corrected chi connectivity index (χ1v) is 11.0. The van der Waals surface area contributed by atoms with E-state index in [2.05, 4.69) is 26.1 Å². The Labute approximate surface area is 184 Å². The van der Waals surface area contributed by atoms with Gasteiger partial charge in [0.05, 0.1) is 27.3 Å². The second-order valence-electron chi connectivity index (χ2n) is 8.60. The number of aromatic nitrogens is 2. The zero-order chi connectivity index (χ0) is 22.2. The van der Waals surface area contributed by atoms with Gasteiger partial charge in [0.25, 0.3) is 5.91 Å². The van der Waals surface area contributed by atoms with E-state index in [4.69, 9.17) is 20.2 Å². The molecule has 1 saturated heterocycles. The van der Waals surface area contributed by atoms with Crippen LogP contribution in [0, 0.1) is 0 Å². The Morgan fingerprint density at radius 3 is 2.65 bits per heavy atom. The molecule has 3 aromatic rings. The van der Waals surface area contributed by atoms with Crippen LogP contribution in [0.2, 0.25) is 0 Å². The van der Waals surface area contributed by atoms with E-state index in [0.717, 1.165) is 34.8 Å². The number of pyridine rings is 1. The molecule has 0 aliphatic carbocycles. The number of imidazole rings is 1. The average Bonchev–Trinajstić information content (AvgIpc) is 3.32. The lowest BCUT2D eigenvalue weighted by molar-refractivity contribution is 0.0698. The maximum atomic E-state index is 12.8. The number of primary amides is 1. The summed E-state index contributed by atoms with van der Waals surface area (Å²) in [6, 6.07) is 7.35. The van der Waals surface area contributed by atoms with Gasteiger partial charge in [-0.3, -0.25) is 9.20 Å². The Balaban J connectivity index is 1.72. The summed E-state index contributed by atoms with van der Waals surface area (Å²) in [6.45, 7) is 7.61. The second-order valence-corrected chi connectivity index (χ2v) is 9.68. The van der Waals surface area contributed by atoms with Crippen molar-refractivity contribution in [3.8, 4) is 16.3 Å². The predicted molar refractivity (Wildman–Crippen MR) is 119 cm³/mol. The largest absolute Gasteiger partial charge is 0.410 e. The average molecular weight is 443 g/mol. The third-order valence-corrected chi connectivity index (χ3v) is 6.23. The maximum Gasteiger partial charge on any atom is 0.410 e. The highest BCUT2D eigenvalue weighted by molar-refractivity contribution is 7.17. The van der Waals surface area contributed by atoms with Gasteiger partial charge in [-0.15, -0.1) is 11.3 Å². The molecule has 1 aliphatic heterocycles. The first kappa shape index (κ1) is 21.3. The van der Waals surface area contributed by atoms with Crippen molar-refractivity contribution in [2.45, 2.75) is 45.1 Å². The number of carbonyl (C=O) groups is 2. The normalized spacial score (nSPS) is 15.2. The fourth-order valence-corrected chi connectivity index (χ4v) is 4.60. The summed E-state index contributed by atoms with van der Waals surface area (Å²) in [5.74, 6) is 0.250. The Morgan fingerprint density at radius 2 is 1.97 bits per heavy atom. The van der Waals surface area contributed by atoms with Gasteiger partial charge >= 0.3 is 6.09 Å². The minimum absolute atomic E-state index is 0.0768. The number of nitrogens with zero attached hydrogens (tertiary/aromatic N) is 2. The number of ether oxygens (including phenoxy) is 2. The van der Waals surface area contributed by atoms with E-state index in [1.54, 1.807) is 18.3 Å². The molecule has 0 radical (unpaired) electrons. The molecule has 31 heavy (non-hydrogen) atoms. The molecule has 4 rings (SSSR count). The molecule has 0 saturated carbocycles. The second kappa shape index (κ2) is 8.32. The van der Waals surface area contributed by atoms with Crippen LogP contribution in [0.4, 0.5) is 4.79 Å². The number of rotatable bonds is 4. The van der Waals surface area contributed by atoms with Gasteiger partial charge in [0.2, 0.25) is 0 Å². The van der Waals surface area contributed by atoms with Crippen molar-refractivity contribution in [3.05, 3.63) is 41.0 Å². The van der Waals surface area contributed by atoms with E-state index in [0.29, 0.717) is 23.8 Å². The van der Waals surface area contributed by atoms with Gasteiger partial charge < -0.3 is 20.5 Å². The molecule has 0 spiro atoms. The molecule has 0 unspecified atom stereocenters. The molecule has 2 amide bonds. The summed E-state index contributed by atoms with van der Waals surface area (Å²) in [4.78, 5) is 30.3.